The van der Waals surface area contributed by atoms with Crippen molar-refractivity contribution in [3.63, 3.8) is 0 Å². The van der Waals surface area contributed by atoms with Gasteiger partial charge in [0.05, 0.1) is 17.7 Å². The van der Waals surface area contributed by atoms with E-state index in [1.54, 1.807) is 24.3 Å². The number of ether oxygens (including phenoxy) is 2. The maximum atomic E-state index is 12.4. The third-order valence-corrected chi connectivity index (χ3v) is 4.91. The van der Waals surface area contributed by atoms with E-state index in [2.05, 4.69) is 22.9 Å². The quantitative estimate of drug-likeness (QED) is 0.299. The van der Waals surface area contributed by atoms with Gasteiger partial charge in [-0.25, -0.2) is 9.59 Å². The number of hydrogen-bond acceptors (Lipinski definition) is 4. The number of hydrogen-bond donors (Lipinski definition) is 0. The Labute approximate surface area is 175 Å². The van der Waals surface area contributed by atoms with Gasteiger partial charge in [0.15, 0.2) is 0 Å². The average molecular weight is 447 g/mol. The first-order valence-electron chi connectivity index (χ1n) is 9.79. The molecule has 0 N–H and O–H groups in total. The maximum absolute atomic E-state index is 12.4. The Morgan fingerprint density at radius 3 is 2.00 bits per heavy atom. The van der Waals surface area contributed by atoms with Crippen LogP contribution in [0, 0.1) is 0 Å². The molecule has 0 radical (unpaired) electrons. The van der Waals surface area contributed by atoms with Gasteiger partial charge in [-0.1, -0.05) is 79.2 Å². The molecular formula is C23H27BrO4. The molecule has 0 aliphatic rings. The molecule has 2 aromatic carbocycles. The van der Waals surface area contributed by atoms with Crippen molar-refractivity contribution in [1.82, 2.24) is 0 Å². The van der Waals surface area contributed by atoms with Crippen LogP contribution in [0.2, 0.25) is 0 Å². The Morgan fingerprint density at radius 1 is 0.786 bits per heavy atom. The first kappa shape index (κ1) is 22.2. The predicted molar refractivity (Wildman–Crippen MR) is 113 cm³/mol. The fourth-order valence-electron chi connectivity index (χ4n) is 2.77. The molecule has 4 nitrogen and oxygen atoms in total. The second-order valence-electron chi connectivity index (χ2n) is 6.65. The van der Waals surface area contributed by atoms with E-state index in [1.165, 1.54) is 19.3 Å². The highest BCUT2D eigenvalue weighted by atomic mass is 79.9. The highest BCUT2D eigenvalue weighted by Gasteiger charge is 2.19. The second kappa shape index (κ2) is 12.3. The molecule has 0 atom stereocenters. The van der Waals surface area contributed by atoms with Crippen LogP contribution >= 0.6 is 15.9 Å². The second-order valence-corrected chi connectivity index (χ2v) is 7.57. The third-order valence-electron chi connectivity index (χ3n) is 4.38. The summed E-state index contributed by atoms with van der Waals surface area (Å²) in [6.07, 6.45) is 6.72. The summed E-state index contributed by atoms with van der Waals surface area (Å²) in [7, 11) is 0. The summed E-state index contributed by atoms with van der Waals surface area (Å²) >= 11 is 3.37. The summed E-state index contributed by atoms with van der Waals surface area (Å²) in [5.74, 6) is -1.01. The van der Waals surface area contributed by atoms with Crippen LogP contribution in [0.4, 0.5) is 0 Å². The van der Waals surface area contributed by atoms with Gasteiger partial charge in [-0.2, -0.15) is 0 Å². The van der Waals surface area contributed by atoms with Crippen LogP contribution in [0.1, 0.15) is 71.7 Å². The van der Waals surface area contributed by atoms with Gasteiger partial charge >= 0.3 is 11.9 Å². The average Bonchev–Trinajstić information content (AvgIpc) is 2.72. The summed E-state index contributed by atoms with van der Waals surface area (Å²) in [6, 6.07) is 14.1. The van der Waals surface area contributed by atoms with Crippen LogP contribution in [0.25, 0.3) is 0 Å². The zero-order valence-electron chi connectivity index (χ0n) is 16.3. The minimum absolute atomic E-state index is 0.146. The standard InChI is InChI=1S/C23H27BrO4/c1-2-3-4-5-6-9-16-27-22(25)20-10-7-8-11-21(20)23(26)28-17-18-12-14-19(24)15-13-18/h7-8,10-15H,2-6,9,16-17H2,1H3. The van der Waals surface area contributed by atoms with Crippen LogP contribution in [0.5, 0.6) is 0 Å². The molecule has 150 valence electrons. The highest BCUT2D eigenvalue weighted by molar-refractivity contribution is 9.10. The van der Waals surface area contributed by atoms with Gasteiger partial charge in [0.25, 0.3) is 0 Å². The Bertz CT molecular complexity index is 755. The molecule has 0 spiro atoms. The number of halogens is 1. The molecular weight excluding hydrogens is 420 g/mol. The summed E-state index contributed by atoms with van der Waals surface area (Å²) in [6.45, 7) is 2.70. The SMILES string of the molecule is CCCCCCCCOC(=O)c1ccccc1C(=O)OCc1ccc(Br)cc1. The van der Waals surface area contributed by atoms with Crippen molar-refractivity contribution in [1.29, 1.82) is 0 Å². The first-order valence-corrected chi connectivity index (χ1v) is 10.6. The monoisotopic (exact) mass is 446 g/mol. The lowest BCUT2D eigenvalue weighted by Crippen LogP contribution is -2.14. The van der Waals surface area contributed by atoms with Crippen molar-refractivity contribution >= 4 is 27.9 Å². The molecule has 0 amide bonds. The lowest BCUT2D eigenvalue weighted by Gasteiger charge is -2.10. The maximum Gasteiger partial charge on any atom is 0.339 e. The molecule has 0 aliphatic heterocycles. The minimum Gasteiger partial charge on any atom is -0.462 e. The Hall–Kier alpha value is -2.14. The Kier molecular flexibility index (Phi) is 9.77. The third kappa shape index (κ3) is 7.47. The Morgan fingerprint density at radius 2 is 1.36 bits per heavy atom. The summed E-state index contributed by atoms with van der Waals surface area (Å²) in [5, 5.41) is 0. The van der Waals surface area contributed by atoms with Gasteiger partial charge < -0.3 is 9.47 Å². The number of rotatable bonds is 11. The zero-order chi connectivity index (χ0) is 20.2. The molecule has 0 heterocycles. The fourth-order valence-corrected chi connectivity index (χ4v) is 3.04. The van der Waals surface area contributed by atoms with Crippen molar-refractivity contribution in [2.24, 2.45) is 0 Å². The van der Waals surface area contributed by atoms with E-state index in [1.807, 2.05) is 24.3 Å². The molecule has 0 fully saturated rings. The topological polar surface area (TPSA) is 52.6 Å². The first-order chi connectivity index (χ1) is 13.6. The molecule has 0 saturated heterocycles. The predicted octanol–water partition coefficient (Wildman–Crippen LogP) is 6.32. The molecule has 0 unspecified atom stereocenters. The Balaban J connectivity index is 1.85. The number of unbranched alkanes of at least 4 members (excludes halogenated alkanes) is 5. The van der Waals surface area contributed by atoms with Gasteiger partial charge in [0, 0.05) is 4.47 Å². The molecule has 2 rings (SSSR count). The van der Waals surface area contributed by atoms with Crippen LogP contribution in [0.15, 0.2) is 53.0 Å². The lowest BCUT2D eigenvalue weighted by molar-refractivity contribution is 0.0436. The number of benzene rings is 2. The van der Waals surface area contributed by atoms with Gasteiger partial charge in [-0.15, -0.1) is 0 Å². The smallest absolute Gasteiger partial charge is 0.339 e. The van der Waals surface area contributed by atoms with Crippen molar-refractivity contribution in [2.75, 3.05) is 6.61 Å². The van der Waals surface area contributed by atoms with Gasteiger partial charge in [0.2, 0.25) is 0 Å². The van der Waals surface area contributed by atoms with E-state index in [9.17, 15) is 9.59 Å². The van der Waals surface area contributed by atoms with Crippen LogP contribution in [-0.4, -0.2) is 18.5 Å². The minimum atomic E-state index is -0.532. The number of carbonyl (C=O) groups excluding carboxylic acids is 2. The largest absolute Gasteiger partial charge is 0.462 e. The zero-order valence-corrected chi connectivity index (χ0v) is 17.9. The normalized spacial score (nSPS) is 10.5. The van der Waals surface area contributed by atoms with Crippen molar-refractivity contribution in [2.45, 2.75) is 52.1 Å². The van der Waals surface area contributed by atoms with Gasteiger partial charge in [-0.3, -0.25) is 0 Å². The molecule has 0 bridgehead atoms. The van der Waals surface area contributed by atoms with Crippen LogP contribution in [0.3, 0.4) is 0 Å². The van der Waals surface area contributed by atoms with E-state index in [0.717, 1.165) is 29.3 Å². The van der Waals surface area contributed by atoms with Crippen molar-refractivity contribution in [3.8, 4) is 0 Å². The van der Waals surface area contributed by atoms with Crippen molar-refractivity contribution < 1.29 is 19.1 Å². The van der Waals surface area contributed by atoms with Crippen LogP contribution in [-0.2, 0) is 16.1 Å². The van der Waals surface area contributed by atoms with Gasteiger partial charge in [0.1, 0.15) is 6.61 Å². The number of esters is 2. The molecule has 2 aromatic rings. The highest BCUT2D eigenvalue weighted by Crippen LogP contribution is 2.15. The molecule has 0 aliphatic carbocycles. The summed E-state index contributed by atoms with van der Waals surface area (Å²) in [4.78, 5) is 24.8. The van der Waals surface area contributed by atoms with Crippen molar-refractivity contribution in [3.05, 3.63) is 69.7 Å². The summed E-state index contributed by atoms with van der Waals surface area (Å²) in [5.41, 5.74) is 1.35. The van der Waals surface area contributed by atoms with E-state index < -0.39 is 11.9 Å². The van der Waals surface area contributed by atoms with E-state index in [4.69, 9.17) is 9.47 Å². The lowest BCUT2D eigenvalue weighted by atomic mass is 10.1. The molecule has 28 heavy (non-hydrogen) atoms. The fraction of sp³-hybridized carbons (Fsp3) is 0.391. The molecule has 0 saturated carbocycles. The summed E-state index contributed by atoms with van der Waals surface area (Å²) < 4.78 is 11.7. The molecule has 0 aromatic heterocycles. The van der Waals surface area contributed by atoms with Gasteiger partial charge in [-0.05, 0) is 36.2 Å². The number of carbonyl (C=O) groups is 2. The van der Waals surface area contributed by atoms with E-state index in [-0.39, 0.29) is 17.7 Å². The molecule has 5 heteroatoms. The van der Waals surface area contributed by atoms with Crippen LogP contribution < -0.4 is 0 Å². The van der Waals surface area contributed by atoms with E-state index in [0.29, 0.717) is 6.61 Å². The van der Waals surface area contributed by atoms with E-state index >= 15 is 0 Å².